The molecule has 0 bridgehead atoms. The third-order valence-corrected chi connectivity index (χ3v) is 5.95. The fourth-order valence-electron chi connectivity index (χ4n) is 4.14. The van der Waals surface area contributed by atoms with Crippen LogP contribution in [-0.4, -0.2) is 50.4 Å². The molecule has 0 amide bonds. The molecule has 6 nitrogen and oxygen atoms in total. The first-order valence-electron chi connectivity index (χ1n) is 10.8. The van der Waals surface area contributed by atoms with Crippen molar-refractivity contribution in [3.05, 3.63) is 72.8 Å². The van der Waals surface area contributed by atoms with Gasteiger partial charge in [0.05, 0.1) is 19.7 Å². The van der Waals surface area contributed by atoms with Crippen molar-refractivity contribution in [2.24, 2.45) is 0 Å². The van der Waals surface area contributed by atoms with Gasteiger partial charge in [0.1, 0.15) is 17.3 Å². The first-order chi connectivity index (χ1) is 15.7. The van der Waals surface area contributed by atoms with Gasteiger partial charge >= 0.3 is 0 Å². The molecule has 4 aromatic rings. The summed E-state index contributed by atoms with van der Waals surface area (Å²) in [6.07, 6.45) is 0. The predicted molar refractivity (Wildman–Crippen MR) is 129 cm³/mol. The van der Waals surface area contributed by atoms with Crippen molar-refractivity contribution in [2.45, 2.75) is 0 Å². The van der Waals surface area contributed by atoms with Crippen LogP contribution in [0, 0.1) is 0 Å². The molecule has 3 aromatic carbocycles. The van der Waals surface area contributed by atoms with Crippen molar-refractivity contribution in [3.63, 3.8) is 0 Å². The number of hydrogen-bond donors (Lipinski definition) is 0. The fraction of sp³-hybridized carbons (Fsp3) is 0.231. The van der Waals surface area contributed by atoms with Crippen molar-refractivity contribution in [1.29, 1.82) is 0 Å². The second-order valence-electron chi connectivity index (χ2n) is 7.79. The Bertz CT molecular complexity index is 1200. The lowest BCUT2D eigenvalue weighted by Gasteiger charge is -2.37. The summed E-state index contributed by atoms with van der Waals surface area (Å²) in [6, 6.07) is 24.4. The number of methoxy groups -OCH3 is 2. The zero-order chi connectivity index (χ0) is 21.9. The van der Waals surface area contributed by atoms with Gasteiger partial charge in [-0.3, -0.25) is 0 Å². The smallest absolute Gasteiger partial charge is 0.162 e. The van der Waals surface area contributed by atoms with Gasteiger partial charge in [-0.15, -0.1) is 0 Å². The molecule has 0 N–H and O–H groups in total. The van der Waals surface area contributed by atoms with Gasteiger partial charge < -0.3 is 19.3 Å². The van der Waals surface area contributed by atoms with Gasteiger partial charge in [0.15, 0.2) is 5.82 Å². The number of rotatable bonds is 5. The molecule has 0 atom stereocenters. The summed E-state index contributed by atoms with van der Waals surface area (Å²) >= 11 is 0. The van der Waals surface area contributed by atoms with Crippen LogP contribution in [0.15, 0.2) is 72.8 Å². The number of nitrogens with zero attached hydrogens (tertiary/aromatic N) is 4. The molecule has 32 heavy (non-hydrogen) atoms. The number of ether oxygens (including phenoxy) is 2. The second kappa shape index (κ2) is 8.75. The van der Waals surface area contributed by atoms with Crippen molar-refractivity contribution < 1.29 is 9.47 Å². The SMILES string of the molecule is COc1ccc(-c2nc(N3CCN(c4ccc(OC)cc4)CC3)c3ccccc3n2)cc1. The van der Waals surface area contributed by atoms with Crippen LogP contribution in [0.5, 0.6) is 11.5 Å². The second-order valence-corrected chi connectivity index (χ2v) is 7.79. The maximum absolute atomic E-state index is 5.29. The molecular formula is C26H26N4O2. The summed E-state index contributed by atoms with van der Waals surface area (Å²) in [7, 11) is 3.37. The molecular weight excluding hydrogens is 400 g/mol. The van der Waals surface area contributed by atoms with Gasteiger partial charge in [-0.1, -0.05) is 12.1 Å². The lowest BCUT2D eigenvalue weighted by Crippen LogP contribution is -2.47. The van der Waals surface area contributed by atoms with Gasteiger partial charge in [0.2, 0.25) is 0 Å². The lowest BCUT2D eigenvalue weighted by molar-refractivity contribution is 0.414. The molecule has 1 aliphatic rings. The van der Waals surface area contributed by atoms with E-state index in [0.717, 1.165) is 65.8 Å². The minimum Gasteiger partial charge on any atom is -0.497 e. The summed E-state index contributed by atoms with van der Waals surface area (Å²) < 4.78 is 10.6. The summed E-state index contributed by atoms with van der Waals surface area (Å²) in [6.45, 7) is 3.66. The van der Waals surface area contributed by atoms with Crippen LogP contribution in [0.4, 0.5) is 11.5 Å². The molecule has 0 spiro atoms. The molecule has 1 saturated heterocycles. The zero-order valence-corrected chi connectivity index (χ0v) is 18.4. The average Bonchev–Trinajstić information content (AvgIpc) is 2.88. The quantitative estimate of drug-likeness (QED) is 0.463. The van der Waals surface area contributed by atoms with E-state index in [9.17, 15) is 0 Å². The molecule has 1 aliphatic heterocycles. The van der Waals surface area contributed by atoms with Gasteiger partial charge in [0, 0.05) is 42.8 Å². The average molecular weight is 427 g/mol. The Balaban J connectivity index is 1.43. The normalized spacial score (nSPS) is 13.9. The Morgan fingerprint density at radius 3 is 1.91 bits per heavy atom. The Morgan fingerprint density at radius 2 is 1.25 bits per heavy atom. The highest BCUT2D eigenvalue weighted by Crippen LogP contribution is 2.30. The zero-order valence-electron chi connectivity index (χ0n) is 18.4. The Kier molecular flexibility index (Phi) is 5.50. The third-order valence-electron chi connectivity index (χ3n) is 5.95. The van der Waals surface area contributed by atoms with E-state index in [2.05, 4.69) is 40.1 Å². The number of hydrogen-bond acceptors (Lipinski definition) is 6. The Morgan fingerprint density at radius 1 is 0.656 bits per heavy atom. The third kappa shape index (κ3) is 3.91. The Hall–Kier alpha value is -3.80. The van der Waals surface area contributed by atoms with Crippen molar-refractivity contribution >= 4 is 22.4 Å². The van der Waals surface area contributed by atoms with Crippen LogP contribution in [0.1, 0.15) is 0 Å². The molecule has 0 aliphatic carbocycles. The fourth-order valence-corrected chi connectivity index (χ4v) is 4.14. The molecule has 5 rings (SSSR count). The first-order valence-corrected chi connectivity index (χ1v) is 10.8. The Labute approximate surface area is 188 Å². The van der Waals surface area contributed by atoms with E-state index in [-0.39, 0.29) is 0 Å². The molecule has 162 valence electrons. The number of benzene rings is 3. The van der Waals surface area contributed by atoms with E-state index < -0.39 is 0 Å². The number of anilines is 2. The van der Waals surface area contributed by atoms with E-state index >= 15 is 0 Å². The van der Waals surface area contributed by atoms with Crippen molar-refractivity contribution in [1.82, 2.24) is 9.97 Å². The summed E-state index contributed by atoms with van der Waals surface area (Å²) in [5.74, 6) is 3.44. The standard InChI is InChI=1S/C26H26N4O2/c1-31-21-11-7-19(8-12-21)25-27-24-6-4-3-5-23(24)26(28-25)30-17-15-29(16-18-30)20-9-13-22(32-2)14-10-20/h3-14H,15-18H2,1-2H3. The molecule has 6 heteroatoms. The van der Waals surface area contributed by atoms with Crippen LogP contribution in [0.25, 0.3) is 22.3 Å². The number of piperazine rings is 1. The van der Waals surface area contributed by atoms with E-state index in [0.29, 0.717) is 0 Å². The lowest BCUT2D eigenvalue weighted by atomic mass is 10.1. The van der Waals surface area contributed by atoms with Gasteiger partial charge in [-0.25, -0.2) is 9.97 Å². The van der Waals surface area contributed by atoms with E-state index in [4.69, 9.17) is 19.4 Å². The van der Waals surface area contributed by atoms with Crippen LogP contribution in [-0.2, 0) is 0 Å². The minimum atomic E-state index is 0.735. The van der Waals surface area contributed by atoms with E-state index in [1.54, 1.807) is 14.2 Å². The largest absolute Gasteiger partial charge is 0.497 e. The van der Waals surface area contributed by atoms with Gasteiger partial charge in [-0.05, 0) is 60.7 Å². The van der Waals surface area contributed by atoms with Crippen LogP contribution < -0.4 is 19.3 Å². The van der Waals surface area contributed by atoms with Gasteiger partial charge in [-0.2, -0.15) is 0 Å². The first kappa shape index (κ1) is 20.1. The molecule has 0 saturated carbocycles. The maximum atomic E-state index is 5.29. The highest BCUT2D eigenvalue weighted by Gasteiger charge is 2.21. The molecule has 2 heterocycles. The predicted octanol–water partition coefficient (Wildman–Crippen LogP) is 4.64. The monoisotopic (exact) mass is 426 g/mol. The van der Waals surface area contributed by atoms with E-state index in [1.807, 2.05) is 42.5 Å². The minimum absolute atomic E-state index is 0.735. The number of para-hydroxylation sites is 1. The van der Waals surface area contributed by atoms with Crippen LogP contribution >= 0.6 is 0 Å². The molecule has 0 unspecified atom stereocenters. The van der Waals surface area contributed by atoms with Crippen molar-refractivity contribution in [3.8, 4) is 22.9 Å². The van der Waals surface area contributed by atoms with E-state index in [1.165, 1.54) is 5.69 Å². The van der Waals surface area contributed by atoms with Crippen LogP contribution in [0.3, 0.4) is 0 Å². The molecule has 1 fully saturated rings. The summed E-state index contributed by atoms with van der Waals surface area (Å²) in [4.78, 5) is 14.6. The van der Waals surface area contributed by atoms with Crippen LogP contribution in [0.2, 0.25) is 0 Å². The van der Waals surface area contributed by atoms with Gasteiger partial charge in [0.25, 0.3) is 0 Å². The summed E-state index contributed by atoms with van der Waals surface area (Å²) in [5, 5.41) is 1.09. The highest BCUT2D eigenvalue weighted by atomic mass is 16.5. The highest BCUT2D eigenvalue weighted by molar-refractivity contribution is 5.91. The summed E-state index contributed by atoms with van der Waals surface area (Å²) in [5.41, 5.74) is 3.16. The maximum Gasteiger partial charge on any atom is 0.162 e. The molecule has 1 aromatic heterocycles. The molecule has 0 radical (unpaired) electrons. The number of fused-ring (bicyclic) bond motifs is 1. The van der Waals surface area contributed by atoms with Crippen molar-refractivity contribution in [2.75, 3.05) is 50.2 Å². The number of aromatic nitrogens is 2. The topological polar surface area (TPSA) is 50.7 Å².